The molecule has 1 aromatic carbocycles. The average molecular weight is 257 g/mol. The van der Waals surface area contributed by atoms with Crippen LogP contribution in [-0.4, -0.2) is 35.6 Å². The first-order valence-electron chi connectivity index (χ1n) is 5.68. The number of nitrogens with zero attached hydrogens (tertiary/aromatic N) is 5. The molecule has 0 spiro atoms. The van der Waals surface area contributed by atoms with E-state index in [9.17, 15) is 4.79 Å². The molecule has 0 amide bonds. The van der Waals surface area contributed by atoms with Crippen molar-refractivity contribution in [2.24, 2.45) is 7.05 Å². The molecule has 0 aliphatic heterocycles. The lowest BCUT2D eigenvalue weighted by atomic mass is 10.2. The Morgan fingerprint density at radius 3 is 2.84 bits per heavy atom. The second-order valence-electron chi connectivity index (χ2n) is 4.13. The monoisotopic (exact) mass is 257 g/mol. The molecule has 0 saturated heterocycles. The summed E-state index contributed by atoms with van der Waals surface area (Å²) >= 11 is 0. The highest BCUT2D eigenvalue weighted by molar-refractivity contribution is 6.01. The van der Waals surface area contributed by atoms with Crippen LogP contribution >= 0.6 is 0 Å². The summed E-state index contributed by atoms with van der Waals surface area (Å²) in [6.07, 6.45) is 1.46. The first-order chi connectivity index (χ1) is 9.16. The Kier molecular flexibility index (Phi) is 2.52. The molecule has 0 unspecified atom stereocenters. The van der Waals surface area contributed by atoms with Gasteiger partial charge in [-0.3, -0.25) is 9.36 Å². The molecule has 0 saturated carbocycles. The Balaban J connectivity index is 2.14. The first kappa shape index (κ1) is 11.4. The molecule has 0 aliphatic rings. The molecule has 7 nitrogen and oxygen atoms in total. The normalized spacial score (nSPS) is 11.0. The van der Waals surface area contributed by atoms with E-state index < -0.39 is 5.97 Å². The second-order valence-corrected chi connectivity index (χ2v) is 4.13. The smallest absolute Gasteiger partial charge is 0.357 e. The molecular weight excluding hydrogens is 246 g/mol. The van der Waals surface area contributed by atoms with Crippen LogP contribution in [0.15, 0.2) is 30.6 Å². The molecule has 0 radical (unpaired) electrons. The van der Waals surface area contributed by atoms with Crippen LogP contribution in [0.25, 0.3) is 10.9 Å². The van der Waals surface area contributed by atoms with Crippen LogP contribution in [0, 0.1) is 0 Å². The molecule has 0 atom stereocenters. The third-order valence-corrected chi connectivity index (χ3v) is 2.96. The van der Waals surface area contributed by atoms with E-state index in [-0.39, 0.29) is 5.69 Å². The minimum Gasteiger partial charge on any atom is -0.476 e. The summed E-state index contributed by atoms with van der Waals surface area (Å²) in [6.45, 7) is 0.379. The highest BCUT2D eigenvalue weighted by atomic mass is 16.4. The lowest BCUT2D eigenvalue weighted by Gasteiger charge is -2.02. The standard InChI is InChI=1S/C12H11N5O2/c1-16-10(13-7-14-16)6-17-9-5-3-2-4-8(9)11(15-17)12(18)19/h2-5,7H,6H2,1H3,(H,18,19). The number of aryl methyl sites for hydroxylation is 1. The lowest BCUT2D eigenvalue weighted by molar-refractivity contribution is 0.0691. The highest BCUT2D eigenvalue weighted by Gasteiger charge is 2.16. The van der Waals surface area contributed by atoms with Gasteiger partial charge in [-0.15, -0.1) is 0 Å². The van der Waals surface area contributed by atoms with Crippen LogP contribution < -0.4 is 0 Å². The highest BCUT2D eigenvalue weighted by Crippen LogP contribution is 2.19. The van der Waals surface area contributed by atoms with Gasteiger partial charge in [0.25, 0.3) is 0 Å². The van der Waals surface area contributed by atoms with Crippen molar-refractivity contribution in [2.45, 2.75) is 6.54 Å². The van der Waals surface area contributed by atoms with Crippen LogP contribution in [0.3, 0.4) is 0 Å². The number of carboxylic acid groups (broad SMARTS) is 1. The average Bonchev–Trinajstić information content (AvgIpc) is 2.96. The van der Waals surface area contributed by atoms with Gasteiger partial charge < -0.3 is 5.11 Å². The van der Waals surface area contributed by atoms with E-state index in [0.29, 0.717) is 17.8 Å². The van der Waals surface area contributed by atoms with Crippen molar-refractivity contribution in [3.05, 3.63) is 42.1 Å². The van der Waals surface area contributed by atoms with Gasteiger partial charge in [0.15, 0.2) is 5.69 Å². The molecular formula is C12H11N5O2. The largest absolute Gasteiger partial charge is 0.476 e. The van der Waals surface area contributed by atoms with Crippen LogP contribution in [0.5, 0.6) is 0 Å². The van der Waals surface area contributed by atoms with Crippen molar-refractivity contribution in [3.63, 3.8) is 0 Å². The molecule has 1 N–H and O–H groups in total. The Morgan fingerprint density at radius 1 is 1.37 bits per heavy atom. The Labute approximate surface area is 108 Å². The van der Waals surface area contributed by atoms with E-state index in [4.69, 9.17) is 5.11 Å². The maximum atomic E-state index is 11.2. The first-order valence-corrected chi connectivity index (χ1v) is 5.68. The van der Waals surface area contributed by atoms with E-state index in [0.717, 1.165) is 5.52 Å². The maximum Gasteiger partial charge on any atom is 0.357 e. The fourth-order valence-corrected chi connectivity index (χ4v) is 2.00. The molecule has 0 fully saturated rings. The number of fused-ring (bicyclic) bond motifs is 1. The van der Waals surface area contributed by atoms with Crippen LogP contribution in [0.4, 0.5) is 0 Å². The van der Waals surface area contributed by atoms with Gasteiger partial charge >= 0.3 is 5.97 Å². The number of hydrogen-bond donors (Lipinski definition) is 1. The van der Waals surface area contributed by atoms with E-state index >= 15 is 0 Å². The number of rotatable bonds is 3. The van der Waals surface area contributed by atoms with Gasteiger partial charge in [-0.1, -0.05) is 18.2 Å². The van der Waals surface area contributed by atoms with Crippen LogP contribution in [-0.2, 0) is 13.6 Å². The summed E-state index contributed by atoms with van der Waals surface area (Å²) in [6, 6.07) is 7.23. The van der Waals surface area contributed by atoms with Crippen molar-refractivity contribution < 1.29 is 9.90 Å². The van der Waals surface area contributed by atoms with Crippen molar-refractivity contribution in [1.82, 2.24) is 24.5 Å². The topological polar surface area (TPSA) is 85.8 Å². The van der Waals surface area contributed by atoms with E-state index in [1.54, 1.807) is 28.5 Å². The number of aromatic nitrogens is 5. The second kappa shape index (κ2) is 4.20. The van der Waals surface area contributed by atoms with Gasteiger partial charge in [-0.2, -0.15) is 10.2 Å². The zero-order valence-electron chi connectivity index (χ0n) is 10.2. The van der Waals surface area contributed by atoms with Crippen molar-refractivity contribution in [2.75, 3.05) is 0 Å². The predicted molar refractivity (Wildman–Crippen MR) is 66.8 cm³/mol. The third kappa shape index (κ3) is 1.85. The van der Waals surface area contributed by atoms with E-state index in [1.807, 2.05) is 12.1 Å². The fraction of sp³-hybridized carbons (Fsp3) is 0.167. The Hall–Kier alpha value is -2.70. The molecule has 19 heavy (non-hydrogen) atoms. The number of aromatic carboxylic acids is 1. The molecule has 3 rings (SSSR count). The number of benzene rings is 1. The summed E-state index contributed by atoms with van der Waals surface area (Å²) in [4.78, 5) is 15.3. The Morgan fingerprint density at radius 2 is 2.16 bits per heavy atom. The molecule has 3 aromatic rings. The van der Waals surface area contributed by atoms with Gasteiger partial charge in [0.05, 0.1) is 5.52 Å². The number of carboxylic acids is 1. The number of hydrogen-bond acceptors (Lipinski definition) is 4. The number of carbonyl (C=O) groups is 1. The van der Waals surface area contributed by atoms with Crippen molar-refractivity contribution in [3.8, 4) is 0 Å². The molecule has 2 aromatic heterocycles. The van der Waals surface area contributed by atoms with E-state index in [1.165, 1.54) is 6.33 Å². The quantitative estimate of drug-likeness (QED) is 0.753. The summed E-state index contributed by atoms with van der Waals surface area (Å²) in [7, 11) is 1.78. The Bertz CT molecular complexity index is 758. The van der Waals surface area contributed by atoms with Crippen molar-refractivity contribution >= 4 is 16.9 Å². The zero-order valence-corrected chi connectivity index (χ0v) is 10.2. The molecule has 7 heteroatoms. The van der Waals surface area contributed by atoms with Crippen molar-refractivity contribution in [1.29, 1.82) is 0 Å². The summed E-state index contributed by atoms with van der Waals surface area (Å²) in [5, 5.41) is 17.9. The van der Waals surface area contributed by atoms with Crippen LogP contribution in [0.1, 0.15) is 16.3 Å². The SMILES string of the molecule is Cn1ncnc1Cn1nc(C(=O)O)c2ccccc21. The fourth-order valence-electron chi connectivity index (χ4n) is 2.00. The summed E-state index contributed by atoms with van der Waals surface area (Å²) < 4.78 is 3.26. The van der Waals surface area contributed by atoms with Gasteiger partial charge in [0, 0.05) is 12.4 Å². The minimum atomic E-state index is -1.03. The van der Waals surface area contributed by atoms with Crippen LogP contribution in [0.2, 0.25) is 0 Å². The van der Waals surface area contributed by atoms with Gasteiger partial charge in [-0.25, -0.2) is 9.78 Å². The van der Waals surface area contributed by atoms with Gasteiger partial charge in [0.2, 0.25) is 0 Å². The molecule has 2 heterocycles. The van der Waals surface area contributed by atoms with Gasteiger partial charge in [-0.05, 0) is 6.07 Å². The summed E-state index contributed by atoms with van der Waals surface area (Å²) in [5.41, 5.74) is 0.820. The molecule has 0 bridgehead atoms. The predicted octanol–water partition coefficient (Wildman–Crippen LogP) is 0.911. The lowest BCUT2D eigenvalue weighted by Crippen LogP contribution is -2.09. The van der Waals surface area contributed by atoms with E-state index in [2.05, 4.69) is 15.2 Å². The third-order valence-electron chi connectivity index (χ3n) is 2.96. The number of para-hydroxylation sites is 1. The van der Waals surface area contributed by atoms with Gasteiger partial charge in [0.1, 0.15) is 18.7 Å². The molecule has 0 aliphatic carbocycles. The zero-order chi connectivity index (χ0) is 13.4. The maximum absolute atomic E-state index is 11.2. The molecule has 96 valence electrons. The summed E-state index contributed by atoms with van der Waals surface area (Å²) in [5.74, 6) is -0.321. The minimum absolute atomic E-state index is 0.0535.